The van der Waals surface area contributed by atoms with Crippen LogP contribution < -0.4 is 27.0 Å². The third-order valence-corrected chi connectivity index (χ3v) is 7.56. The number of rotatable bonds is 19. The number of carboxylic acids is 3. The summed E-state index contributed by atoms with van der Waals surface area (Å²) in [4.78, 5) is 108. The number of amides is 5. The molecule has 0 unspecified atom stereocenters. The first-order valence-corrected chi connectivity index (χ1v) is 15.5. The Balaban J connectivity index is 2.21. The van der Waals surface area contributed by atoms with Crippen LogP contribution in [0.3, 0.4) is 0 Å². The van der Waals surface area contributed by atoms with Crippen molar-refractivity contribution in [3.05, 3.63) is 18.2 Å². The molecule has 20 nitrogen and oxygen atoms in total. The standard InChI is InChI=1S/C29H44N8O12/c1-13(2)7-16(30)24(43)33-17(9-21(39)40)25(44)36-23(14(3)38)27(46)34-18(10-22(41)42)28(47)37-6-4-5-20(37)26(45)35-19(29(48)49)8-15-11-31-12-32-15/h11-14,16-20,23,38H,4-10,30H2,1-3H3,(H,31,32)(H,33,43)(H,34,46)(H,35,45)(H,36,44)(H,39,40)(H,41,42)(H,48,49)/t14-,16+,17+,18+,19+,20-,23+/m1/s1. The summed E-state index contributed by atoms with van der Waals surface area (Å²) in [6, 6.07) is -9.06. The van der Waals surface area contributed by atoms with Crippen LogP contribution in [0.2, 0.25) is 0 Å². The summed E-state index contributed by atoms with van der Waals surface area (Å²) >= 11 is 0. The van der Waals surface area contributed by atoms with Gasteiger partial charge >= 0.3 is 17.9 Å². The van der Waals surface area contributed by atoms with Crippen molar-refractivity contribution in [2.75, 3.05) is 6.54 Å². The average Bonchev–Trinajstić information content (AvgIpc) is 3.70. The lowest BCUT2D eigenvalue weighted by molar-refractivity contribution is -0.147. The largest absolute Gasteiger partial charge is 0.481 e. The zero-order valence-electron chi connectivity index (χ0n) is 27.2. The molecule has 7 atom stereocenters. The van der Waals surface area contributed by atoms with E-state index in [0.717, 1.165) is 11.8 Å². The summed E-state index contributed by atoms with van der Waals surface area (Å²) in [7, 11) is 0. The Bertz CT molecular complexity index is 1370. The van der Waals surface area contributed by atoms with Crippen LogP contribution in [0.15, 0.2) is 12.5 Å². The van der Waals surface area contributed by atoms with Crippen LogP contribution in [0.25, 0.3) is 0 Å². The average molecular weight is 697 g/mol. The van der Waals surface area contributed by atoms with Gasteiger partial charge in [-0.3, -0.25) is 33.6 Å². The molecule has 1 aromatic heterocycles. The highest BCUT2D eigenvalue weighted by atomic mass is 16.4. The SMILES string of the molecule is CC(C)C[C@H](N)C(=O)N[C@@H](CC(=O)O)C(=O)N[C@H](C(=O)N[C@@H](CC(=O)O)C(=O)N1CCC[C@@H]1C(=O)N[C@@H](Cc1cnc[nH]1)C(=O)O)[C@@H](C)O. The molecule has 1 aliphatic rings. The highest BCUT2D eigenvalue weighted by Crippen LogP contribution is 2.20. The molecule has 0 aliphatic carbocycles. The van der Waals surface area contributed by atoms with Crippen LogP contribution >= 0.6 is 0 Å². The molecule has 0 spiro atoms. The molecule has 5 amide bonds. The van der Waals surface area contributed by atoms with Crippen molar-refractivity contribution in [1.82, 2.24) is 36.1 Å². The fourth-order valence-corrected chi connectivity index (χ4v) is 5.16. The molecular weight excluding hydrogens is 652 g/mol. The maximum atomic E-state index is 13.6. The van der Waals surface area contributed by atoms with Gasteiger partial charge in [0, 0.05) is 24.9 Å². The first-order valence-electron chi connectivity index (χ1n) is 15.5. The number of aliphatic carboxylic acids is 3. The normalized spacial score (nSPS) is 17.9. The van der Waals surface area contributed by atoms with Crippen LogP contribution in [-0.4, -0.2) is 132 Å². The topological polar surface area (TPSA) is 324 Å². The zero-order chi connectivity index (χ0) is 37.0. The second-order valence-corrected chi connectivity index (χ2v) is 12.2. The molecule has 272 valence electrons. The maximum Gasteiger partial charge on any atom is 0.326 e. The summed E-state index contributed by atoms with van der Waals surface area (Å²) in [5.74, 6) is -9.44. The van der Waals surface area contributed by atoms with E-state index < -0.39 is 103 Å². The van der Waals surface area contributed by atoms with Gasteiger partial charge in [-0.1, -0.05) is 13.8 Å². The Labute approximate surface area is 280 Å². The fraction of sp³-hybridized carbons (Fsp3) is 0.621. The fourth-order valence-electron chi connectivity index (χ4n) is 5.16. The number of imidazole rings is 1. The Morgan fingerprint density at radius 2 is 1.51 bits per heavy atom. The number of carboxylic acid groups (broad SMARTS) is 3. The number of nitrogens with one attached hydrogen (secondary N) is 5. The van der Waals surface area contributed by atoms with Gasteiger partial charge in [-0.15, -0.1) is 0 Å². The Morgan fingerprint density at radius 1 is 0.898 bits per heavy atom. The molecule has 1 aromatic rings. The number of H-pyrrole nitrogens is 1. The summed E-state index contributed by atoms with van der Waals surface area (Å²) in [5, 5.41) is 47.6. The molecule has 0 bridgehead atoms. The minimum Gasteiger partial charge on any atom is -0.481 e. The van der Waals surface area contributed by atoms with Crippen LogP contribution in [0.4, 0.5) is 0 Å². The molecule has 1 fully saturated rings. The first-order chi connectivity index (χ1) is 22.9. The predicted octanol–water partition coefficient (Wildman–Crippen LogP) is -3.33. The number of aliphatic hydroxyl groups excluding tert-OH is 1. The molecule has 49 heavy (non-hydrogen) atoms. The van der Waals surface area contributed by atoms with E-state index in [4.69, 9.17) is 5.73 Å². The van der Waals surface area contributed by atoms with Crippen molar-refractivity contribution >= 4 is 47.4 Å². The van der Waals surface area contributed by atoms with E-state index in [1.54, 1.807) is 13.8 Å². The van der Waals surface area contributed by atoms with Gasteiger partial charge in [0.15, 0.2) is 0 Å². The minimum absolute atomic E-state index is 0.00306. The van der Waals surface area contributed by atoms with Crippen LogP contribution in [0.5, 0.6) is 0 Å². The number of aromatic amines is 1. The number of carbonyl (C=O) groups excluding carboxylic acids is 5. The lowest BCUT2D eigenvalue weighted by Crippen LogP contribution is -2.61. The Morgan fingerprint density at radius 3 is 2.04 bits per heavy atom. The number of nitrogens with zero attached hydrogens (tertiary/aromatic N) is 2. The van der Waals surface area contributed by atoms with Crippen LogP contribution in [0, 0.1) is 5.92 Å². The molecule has 1 saturated heterocycles. The second kappa shape index (κ2) is 18.4. The van der Waals surface area contributed by atoms with E-state index in [1.807, 2.05) is 0 Å². The van der Waals surface area contributed by atoms with Gasteiger partial charge in [-0.25, -0.2) is 9.78 Å². The van der Waals surface area contributed by atoms with E-state index in [0.29, 0.717) is 12.1 Å². The summed E-state index contributed by atoms with van der Waals surface area (Å²) in [6.07, 6.45) is -0.380. The lowest BCUT2D eigenvalue weighted by Gasteiger charge is -2.30. The van der Waals surface area contributed by atoms with Gasteiger partial charge in [-0.2, -0.15) is 0 Å². The van der Waals surface area contributed by atoms with E-state index in [-0.39, 0.29) is 31.7 Å². The zero-order valence-corrected chi connectivity index (χ0v) is 27.2. The third-order valence-electron chi connectivity index (χ3n) is 7.56. The highest BCUT2D eigenvalue weighted by Gasteiger charge is 2.41. The number of hydrogen-bond acceptors (Lipinski definition) is 11. The van der Waals surface area contributed by atoms with Crippen molar-refractivity contribution in [3.63, 3.8) is 0 Å². The van der Waals surface area contributed by atoms with E-state index >= 15 is 0 Å². The van der Waals surface area contributed by atoms with Crippen molar-refractivity contribution < 1.29 is 58.8 Å². The van der Waals surface area contributed by atoms with Gasteiger partial charge in [0.25, 0.3) is 0 Å². The van der Waals surface area contributed by atoms with Gasteiger partial charge in [0.05, 0.1) is 31.3 Å². The molecule has 0 radical (unpaired) electrons. The van der Waals surface area contributed by atoms with Crippen molar-refractivity contribution in [3.8, 4) is 0 Å². The summed E-state index contributed by atoms with van der Waals surface area (Å²) in [6.45, 7) is 4.64. The number of aromatic nitrogens is 2. The Kier molecular flexibility index (Phi) is 15.1. The molecule has 2 rings (SSSR count). The monoisotopic (exact) mass is 696 g/mol. The van der Waals surface area contributed by atoms with Gasteiger partial charge < -0.3 is 57.3 Å². The summed E-state index contributed by atoms with van der Waals surface area (Å²) < 4.78 is 0. The second-order valence-electron chi connectivity index (χ2n) is 12.2. The number of nitrogens with two attached hydrogens (primary N) is 1. The molecule has 0 aromatic carbocycles. The lowest BCUT2D eigenvalue weighted by atomic mass is 10.0. The van der Waals surface area contributed by atoms with E-state index in [9.17, 15) is 58.8 Å². The van der Waals surface area contributed by atoms with E-state index in [2.05, 4.69) is 31.2 Å². The number of aliphatic hydroxyl groups is 1. The van der Waals surface area contributed by atoms with Gasteiger partial charge in [-0.05, 0) is 32.1 Å². The quantitative estimate of drug-likeness (QED) is 0.0677. The molecule has 20 heteroatoms. The smallest absolute Gasteiger partial charge is 0.326 e. The highest BCUT2D eigenvalue weighted by molar-refractivity contribution is 5.98. The van der Waals surface area contributed by atoms with Crippen LogP contribution in [0.1, 0.15) is 58.6 Å². The molecular formula is C29H44N8O12. The van der Waals surface area contributed by atoms with Crippen molar-refractivity contribution in [2.24, 2.45) is 11.7 Å². The van der Waals surface area contributed by atoms with E-state index in [1.165, 1.54) is 12.5 Å². The third kappa shape index (κ3) is 12.5. The van der Waals surface area contributed by atoms with Gasteiger partial charge in [0.1, 0.15) is 30.2 Å². The van der Waals surface area contributed by atoms with Crippen LogP contribution in [-0.2, 0) is 44.8 Å². The molecule has 1 aliphatic heterocycles. The maximum absolute atomic E-state index is 13.6. The first kappa shape index (κ1) is 40.1. The number of carbonyl (C=O) groups is 8. The molecule has 11 N–H and O–H groups in total. The van der Waals surface area contributed by atoms with Crippen molar-refractivity contribution in [1.29, 1.82) is 0 Å². The van der Waals surface area contributed by atoms with Crippen molar-refractivity contribution in [2.45, 2.75) is 102 Å². The number of likely N-dealkylation sites (tertiary alicyclic amines) is 1. The number of hydrogen-bond donors (Lipinski definition) is 10. The predicted molar refractivity (Wildman–Crippen MR) is 166 cm³/mol. The molecule has 2 heterocycles. The Hall–Kier alpha value is -5.11. The minimum atomic E-state index is -1.86. The molecule has 0 saturated carbocycles. The van der Waals surface area contributed by atoms with Gasteiger partial charge in [0.2, 0.25) is 29.5 Å². The summed E-state index contributed by atoms with van der Waals surface area (Å²) in [5.41, 5.74) is 6.25.